The van der Waals surface area contributed by atoms with Crippen LogP contribution in [0.25, 0.3) is 11.1 Å². The summed E-state index contributed by atoms with van der Waals surface area (Å²) in [5.41, 5.74) is -0.993. The molecule has 0 saturated carbocycles. The monoisotopic (exact) mass is 697 g/mol. The van der Waals surface area contributed by atoms with Crippen LogP contribution < -0.4 is 10.1 Å². The van der Waals surface area contributed by atoms with Gasteiger partial charge in [-0.3, -0.25) is 5.32 Å². The first-order chi connectivity index (χ1) is 21.6. The van der Waals surface area contributed by atoms with Crippen LogP contribution >= 0.6 is 22.9 Å². The molecule has 1 amide bonds. The second kappa shape index (κ2) is 12.9. The topological polar surface area (TPSA) is 165 Å². The maximum Gasteiger partial charge on any atom is 0.413 e. The van der Waals surface area contributed by atoms with Gasteiger partial charge in [0.25, 0.3) is 0 Å². The van der Waals surface area contributed by atoms with Gasteiger partial charge in [0.15, 0.2) is 6.23 Å². The van der Waals surface area contributed by atoms with Gasteiger partial charge in [0.05, 0.1) is 16.3 Å². The zero-order valence-electron chi connectivity index (χ0n) is 24.5. The van der Waals surface area contributed by atoms with Gasteiger partial charge in [-0.15, -0.1) is 11.3 Å². The fraction of sp³-hybridized carbons (Fsp3) is 0.321. The lowest BCUT2D eigenvalue weighted by Gasteiger charge is -2.20. The van der Waals surface area contributed by atoms with Crippen molar-refractivity contribution in [2.24, 2.45) is 0 Å². The molecule has 18 heteroatoms. The maximum atomic E-state index is 15.4. The van der Waals surface area contributed by atoms with Crippen molar-refractivity contribution in [2.75, 3.05) is 11.9 Å². The van der Waals surface area contributed by atoms with Gasteiger partial charge in [-0.25, -0.2) is 27.0 Å². The Morgan fingerprint density at radius 1 is 1.20 bits per heavy atom. The lowest BCUT2D eigenvalue weighted by molar-refractivity contribution is -0.389. The molecule has 46 heavy (non-hydrogen) atoms. The molecule has 0 aliphatic carbocycles. The van der Waals surface area contributed by atoms with Gasteiger partial charge in [-0.1, -0.05) is 11.6 Å². The molecule has 0 radical (unpaired) electrons. The molecule has 1 N–H and O–H groups in total. The predicted molar refractivity (Wildman–Crippen MR) is 162 cm³/mol. The fourth-order valence-corrected chi connectivity index (χ4v) is 7.10. The highest BCUT2D eigenvalue weighted by Crippen LogP contribution is 2.42. The molecule has 5 rings (SSSR count). The number of aromatic nitrogens is 3. The molecular formula is C28H26ClF2N5O8S2. The van der Waals surface area contributed by atoms with Gasteiger partial charge < -0.3 is 24.3 Å². The van der Waals surface area contributed by atoms with Crippen molar-refractivity contribution in [3.8, 4) is 22.6 Å². The molecule has 1 aliphatic heterocycles. The zero-order chi connectivity index (χ0) is 33.4. The molecule has 0 spiro atoms. The number of nitrogens with zero attached hydrogens (tertiary/aromatic N) is 4. The number of hydrogen-bond acceptors (Lipinski definition) is 11. The van der Waals surface area contributed by atoms with Crippen molar-refractivity contribution in [3.63, 3.8) is 0 Å². The van der Waals surface area contributed by atoms with E-state index in [9.17, 15) is 27.7 Å². The summed E-state index contributed by atoms with van der Waals surface area (Å²) in [4.78, 5) is 26.2. The smallest absolute Gasteiger partial charge is 0.413 e. The summed E-state index contributed by atoms with van der Waals surface area (Å²) in [5, 5.41) is 19.1. The number of rotatable bonds is 8. The standard InChI is InChI=1S/C28H26ClF2N5O8S2/c1-28(2,3)44-26(37)32-23-14-45-27(33-23)46(40,41)22-11-18(29)21(12-19(22)31)43-20-8-7-15(30)10-16(20)17-13-35(34-25(17)36(38)39)24-6-4-5-9-42-24/h7-8,10-14,24H,4-6,9H2,1-3H3,(H,32,37). The van der Waals surface area contributed by atoms with E-state index in [-0.39, 0.29) is 33.5 Å². The van der Waals surface area contributed by atoms with Crippen LogP contribution in [-0.4, -0.2) is 46.4 Å². The number of thiazole rings is 1. The highest BCUT2D eigenvalue weighted by molar-refractivity contribution is 7.93. The van der Waals surface area contributed by atoms with Gasteiger partial charge in [0.1, 0.15) is 45.0 Å². The molecule has 13 nitrogen and oxygen atoms in total. The van der Waals surface area contributed by atoms with Crippen LogP contribution in [0, 0.1) is 21.7 Å². The van der Waals surface area contributed by atoms with E-state index >= 15 is 4.39 Å². The van der Waals surface area contributed by atoms with Crippen molar-refractivity contribution in [1.82, 2.24) is 14.8 Å². The third-order valence-corrected chi connectivity index (χ3v) is 9.73. The summed E-state index contributed by atoms with van der Waals surface area (Å²) >= 11 is 6.97. The minimum Gasteiger partial charge on any atom is -0.455 e. The number of halogens is 3. The predicted octanol–water partition coefficient (Wildman–Crippen LogP) is 7.52. The minimum atomic E-state index is -4.56. The third kappa shape index (κ3) is 7.27. The lowest BCUT2D eigenvalue weighted by atomic mass is 10.1. The summed E-state index contributed by atoms with van der Waals surface area (Å²) in [6.45, 7) is 5.38. The SMILES string of the molecule is CC(C)(C)OC(=O)Nc1csc(S(=O)(=O)c2cc(Cl)c(Oc3ccc(F)cc3-c3cn(C4CCCCO4)nc3[N+](=O)[O-])cc2F)n1. The van der Waals surface area contributed by atoms with E-state index in [1.807, 2.05) is 0 Å². The minimum absolute atomic E-state index is 0.0882. The number of amides is 1. The van der Waals surface area contributed by atoms with Gasteiger partial charge >= 0.3 is 11.9 Å². The van der Waals surface area contributed by atoms with Crippen molar-refractivity contribution in [2.45, 2.75) is 61.1 Å². The molecule has 0 bridgehead atoms. The summed E-state index contributed by atoms with van der Waals surface area (Å²) in [6.07, 6.45) is 2.15. The van der Waals surface area contributed by atoms with Crippen LogP contribution in [0.15, 0.2) is 51.1 Å². The van der Waals surface area contributed by atoms with Crippen LogP contribution in [-0.2, 0) is 19.3 Å². The number of carbonyl (C=O) groups is 1. The Labute approximate surface area is 270 Å². The number of ether oxygens (including phenoxy) is 3. The summed E-state index contributed by atoms with van der Waals surface area (Å²) in [6, 6.07) is 4.70. The molecule has 4 aromatic rings. The van der Waals surface area contributed by atoms with Gasteiger partial charge in [0.2, 0.25) is 14.2 Å². The Morgan fingerprint density at radius 3 is 2.63 bits per heavy atom. The van der Waals surface area contributed by atoms with Crippen molar-refractivity contribution in [3.05, 3.63) is 68.7 Å². The molecule has 1 saturated heterocycles. The maximum absolute atomic E-state index is 15.4. The highest BCUT2D eigenvalue weighted by Gasteiger charge is 2.31. The zero-order valence-corrected chi connectivity index (χ0v) is 26.8. The second-order valence-corrected chi connectivity index (χ2v) is 14.4. The normalized spacial score (nSPS) is 15.4. The summed E-state index contributed by atoms with van der Waals surface area (Å²) in [7, 11) is -4.56. The molecule has 1 aliphatic rings. The lowest BCUT2D eigenvalue weighted by Crippen LogP contribution is -2.27. The van der Waals surface area contributed by atoms with E-state index in [4.69, 9.17) is 25.8 Å². The van der Waals surface area contributed by atoms with E-state index in [2.05, 4.69) is 15.4 Å². The Morgan fingerprint density at radius 2 is 1.96 bits per heavy atom. The molecule has 1 unspecified atom stereocenters. The van der Waals surface area contributed by atoms with Crippen LogP contribution in [0.2, 0.25) is 5.02 Å². The Balaban J connectivity index is 1.45. The van der Waals surface area contributed by atoms with Crippen LogP contribution in [0.3, 0.4) is 0 Å². The number of nitrogens with one attached hydrogen (secondary N) is 1. The number of anilines is 1. The Kier molecular flexibility index (Phi) is 9.30. The van der Waals surface area contributed by atoms with E-state index in [1.165, 1.54) is 16.3 Å². The van der Waals surface area contributed by atoms with Crippen molar-refractivity contribution >= 4 is 50.5 Å². The quantitative estimate of drug-likeness (QED) is 0.144. The molecular weight excluding hydrogens is 672 g/mol. The molecule has 244 valence electrons. The van der Waals surface area contributed by atoms with E-state index in [0.717, 1.165) is 37.1 Å². The first-order valence-corrected chi connectivity index (χ1v) is 16.4. The summed E-state index contributed by atoms with van der Waals surface area (Å²) in [5.74, 6) is -3.23. The molecule has 1 fully saturated rings. The second-order valence-electron chi connectivity index (χ2n) is 11.0. The average Bonchev–Trinajstić information content (AvgIpc) is 3.63. The largest absolute Gasteiger partial charge is 0.455 e. The van der Waals surface area contributed by atoms with E-state index in [0.29, 0.717) is 30.4 Å². The van der Waals surface area contributed by atoms with E-state index < -0.39 is 59.4 Å². The highest BCUT2D eigenvalue weighted by atomic mass is 35.5. The van der Waals surface area contributed by atoms with Gasteiger partial charge in [-0.2, -0.15) is 4.68 Å². The van der Waals surface area contributed by atoms with Gasteiger partial charge in [-0.05, 0) is 69.2 Å². The molecule has 2 aromatic heterocycles. The molecule has 2 aromatic carbocycles. The average molecular weight is 698 g/mol. The van der Waals surface area contributed by atoms with Crippen LogP contribution in [0.5, 0.6) is 11.5 Å². The molecule has 1 atom stereocenters. The number of nitro groups is 1. The van der Waals surface area contributed by atoms with Crippen LogP contribution in [0.1, 0.15) is 46.3 Å². The Bertz CT molecular complexity index is 1920. The number of sulfone groups is 1. The fourth-order valence-electron chi connectivity index (χ4n) is 4.44. The van der Waals surface area contributed by atoms with Gasteiger partial charge in [0, 0.05) is 23.6 Å². The number of carbonyl (C=O) groups excluding carboxylic acids is 1. The molecule has 3 heterocycles. The summed E-state index contributed by atoms with van der Waals surface area (Å²) < 4.78 is 73.6. The van der Waals surface area contributed by atoms with E-state index in [1.54, 1.807) is 20.8 Å². The first kappa shape index (κ1) is 33.2. The Hall–Kier alpha value is -4.19. The van der Waals surface area contributed by atoms with Crippen LogP contribution in [0.4, 0.5) is 25.2 Å². The van der Waals surface area contributed by atoms with Crippen molar-refractivity contribution < 1.29 is 41.1 Å². The number of benzene rings is 2. The number of hydrogen-bond donors (Lipinski definition) is 1. The third-order valence-electron chi connectivity index (χ3n) is 6.41. The first-order valence-electron chi connectivity index (χ1n) is 13.6. The van der Waals surface area contributed by atoms with Crippen molar-refractivity contribution in [1.29, 1.82) is 0 Å².